The minimum atomic E-state index is 0.492. The first-order chi connectivity index (χ1) is 6.33. The first-order valence-corrected chi connectivity index (χ1v) is 5.49. The van der Waals surface area contributed by atoms with Crippen LogP contribution in [0.2, 0.25) is 0 Å². The predicted octanol–water partition coefficient (Wildman–Crippen LogP) is 2.45. The summed E-state index contributed by atoms with van der Waals surface area (Å²) in [6, 6.07) is 0. The normalized spacial score (nSPS) is 18.9. The van der Waals surface area contributed by atoms with E-state index in [1.54, 1.807) is 7.11 Å². The van der Waals surface area contributed by atoms with Gasteiger partial charge in [0.15, 0.2) is 0 Å². The van der Waals surface area contributed by atoms with Crippen LogP contribution in [0.3, 0.4) is 0 Å². The van der Waals surface area contributed by atoms with E-state index in [-0.39, 0.29) is 0 Å². The Morgan fingerprint density at radius 3 is 2.54 bits per heavy atom. The van der Waals surface area contributed by atoms with Gasteiger partial charge < -0.3 is 9.47 Å². The van der Waals surface area contributed by atoms with Crippen molar-refractivity contribution in [3.8, 4) is 0 Å². The fourth-order valence-electron chi connectivity index (χ4n) is 1.42. The third kappa shape index (κ3) is 4.30. The van der Waals surface area contributed by atoms with Crippen LogP contribution in [0.4, 0.5) is 0 Å². The lowest BCUT2D eigenvalue weighted by Crippen LogP contribution is -2.07. The van der Waals surface area contributed by atoms with Crippen LogP contribution in [0.1, 0.15) is 25.7 Å². The molecule has 0 saturated heterocycles. The second-order valence-electron chi connectivity index (χ2n) is 3.84. The minimum Gasteiger partial charge on any atom is -0.382 e. The summed E-state index contributed by atoms with van der Waals surface area (Å²) in [5, 5.41) is 0. The summed E-state index contributed by atoms with van der Waals surface area (Å²) in [6.45, 7) is 2.26. The number of methoxy groups -OCH3 is 1. The van der Waals surface area contributed by atoms with Gasteiger partial charge in [-0.2, -0.15) is 0 Å². The number of halogens is 1. The maximum absolute atomic E-state index is 5.86. The molecule has 0 amide bonds. The molecule has 0 spiro atoms. The van der Waals surface area contributed by atoms with E-state index < -0.39 is 0 Å². The van der Waals surface area contributed by atoms with Crippen molar-refractivity contribution in [2.45, 2.75) is 25.7 Å². The second-order valence-corrected chi connectivity index (χ2v) is 4.11. The Labute approximate surface area is 85.5 Å². The number of hydrogen-bond acceptors (Lipinski definition) is 2. The van der Waals surface area contributed by atoms with Gasteiger partial charge in [-0.05, 0) is 31.1 Å². The summed E-state index contributed by atoms with van der Waals surface area (Å²) in [6.07, 6.45) is 4.99. The molecule has 78 valence electrons. The smallest absolute Gasteiger partial charge is 0.0700 e. The Bertz CT molecular complexity index is 135. The summed E-state index contributed by atoms with van der Waals surface area (Å²) < 4.78 is 10.3. The molecule has 1 fully saturated rings. The fourth-order valence-corrected chi connectivity index (χ4v) is 1.82. The van der Waals surface area contributed by atoms with Crippen molar-refractivity contribution in [2.24, 2.45) is 5.41 Å². The molecule has 0 unspecified atom stereocenters. The van der Waals surface area contributed by atoms with E-state index in [0.717, 1.165) is 18.9 Å². The highest BCUT2D eigenvalue weighted by Crippen LogP contribution is 2.50. The zero-order chi connectivity index (χ0) is 9.57. The first-order valence-electron chi connectivity index (χ1n) is 4.96. The maximum atomic E-state index is 5.86. The van der Waals surface area contributed by atoms with Crippen LogP contribution < -0.4 is 0 Å². The lowest BCUT2D eigenvalue weighted by molar-refractivity contribution is 0.0671. The molecule has 1 saturated carbocycles. The van der Waals surface area contributed by atoms with E-state index >= 15 is 0 Å². The van der Waals surface area contributed by atoms with E-state index in [9.17, 15) is 0 Å². The van der Waals surface area contributed by atoms with Crippen LogP contribution in [0, 0.1) is 5.41 Å². The largest absolute Gasteiger partial charge is 0.382 e. The first kappa shape index (κ1) is 11.3. The molecule has 1 rings (SSSR count). The van der Waals surface area contributed by atoms with E-state index in [0.29, 0.717) is 18.6 Å². The van der Waals surface area contributed by atoms with Gasteiger partial charge in [0.1, 0.15) is 0 Å². The van der Waals surface area contributed by atoms with Gasteiger partial charge in [0.2, 0.25) is 0 Å². The summed E-state index contributed by atoms with van der Waals surface area (Å²) in [7, 11) is 1.69. The molecule has 2 nitrogen and oxygen atoms in total. The predicted molar refractivity (Wildman–Crippen MR) is 54.3 cm³/mol. The van der Waals surface area contributed by atoms with Crippen molar-refractivity contribution >= 4 is 11.6 Å². The third-order valence-corrected chi connectivity index (χ3v) is 3.24. The molecule has 0 heterocycles. The lowest BCUT2D eigenvalue weighted by Gasteiger charge is -2.10. The molecule has 0 aromatic rings. The van der Waals surface area contributed by atoms with Crippen molar-refractivity contribution in [2.75, 3.05) is 32.8 Å². The standard InChI is InChI=1S/C10H19ClO2/c1-12-7-8-13-6-2-3-10(9-11)4-5-10/h2-9H2,1H3. The van der Waals surface area contributed by atoms with Crippen molar-refractivity contribution in [3.63, 3.8) is 0 Å². The average molecular weight is 207 g/mol. The lowest BCUT2D eigenvalue weighted by atomic mass is 10.0. The van der Waals surface area contributed by atoms with E-state index in [4.69, 9.17) is 21.1 Å². The minimum absolute atomic E-state index is 0.492. The van der Waals surface area contributed by atoms with Crippen LogP contribution >= 0.6 is 11.6 Å². The van der Waals surface area contributed by atoms with Crippen molar-refractivity contribution in [1.29, 1.82) is 0 Å². The summed E-state index contributed by atoms with van der Waals surface area (Å²) in [5.41, 5.74) is 0.492. The number of ether oxygens (including phenoxy) is 2. The van der Waals surface area contributed by atoms with Gasteiger partial charge in [-0.25, -0.2) is 0 Å². The van der Waals surface area contributed by atoms with Crippen molar-refractivity contribution < 1.29 is 9.47 Å². The number of rotatable bonds is 8. The molecule has 0 radical (unpaired) electrons. The van der Waals surface area contributed by atoms with Gasteiger partial charge in [0.25, 0.3) is 0 Å². The monoisotopic (exact) mass is 206 g/mol. The van der Waals surface area contributed by atoms with E-state index in [2.05, 4.69) is 0 Å². The summed E-state index contributed by atoms with van der Waals surface area (Å²) in [5.74, 6) is 0.824. The van der Waals surface area contributed by atoms with Gasteiger partial charge >= 0.3 is 0 Å². The Morgan fingerprint density at radius 1 is 1.23 bits per heavy atom. The molecule has 1 aliphatic rings. The van der Waals surface area contributed by atoms with E-state index in [1.165, 1.54) is 19.3 Å². The van der Waals surface area contributed by atoms with Gasteiger partial charge in [0.05, 0.1) is 13.2 Å². The molecule has 0 N–H and O–H groups in total. The highest BCUT2D eigenvalue weighted by Gasteiger charge is 2.40. The van der Waals surface area contributed by atoms with Gasteiger partial charge in [-0.1, -0.05) is 0 Å². The van der Waals surface area contributed by atoms with Crippen LogP contribution in [-0.2, 0) is 9.47 Å². The molecule has 3 heteroatoms. The number of alkyl halides is 1. The molecule has 0 atom stereocenters. The second kappa shape index (κ2) is 5.84. The Hall–Kier alpha value is 0.210. The van der Waals surface area contributed by atoms with Crippen molar-refractivity contribution in [3.05, 3.63) is 0 Å². The fraction of sp³-hybridized carbons (Fsp3) is 1.00. The Balaban J connectivity index is 1.84. The molecule has 0 aromatic carbocycles. The van der Waals surface area contributed by atoms with Crippen LogP contribution in [0.5, 0.6) is 0 Å². The zero-order valence-corrected chi connectivity index (χ0v) is 9.11. The van der Waals surface area contributed by atoms with Gasteiger partial charge in [-0.15, -0.1) is 11.6 Å². The molecule has 1 aliphatic carbocycles. The summed E-state index contributed by atoms with van der Waals surface area (Å²) >= 11 is 5.86. The molecular weight excluding hydrogens is 188 g/mol. The van der Waals surface area contributed by atoms with Crippen LogP contribution in [0.15, 0.2) is 0 Å². The van der Waals surface area contributed by atoms with Gasteiger partial charge in [-0.3, -0.25) is 0 Å². The quantitative estimate of drug-likeness (QED) is 0.449. The van der Waals surface area contributed by atoms with Crippen LogP contribution in [-0.4, -0.2) is 32.8 Å². The molecule has 0 bridgehead atoms. The van der Waals surface area contributed by atoms with Crippen molar-refractivity contribution in [1.82, 2.24) is 0 Å². The SMILES string of the molecule is COCCOCCCC1(CCl)CC1. The highest BCUT2D eigenvalue weighted by molar-refractivity contribution is 6.18. The topological polar surface area (TPSA) is 18.5 Å². The highest BCUT2D eigenvalue weighted by atomic mass is 35.5. The maximum Gasteiger partial charge on any atom is 0.0700 e. The molecule has 0 aliphatic heterocycles. The average Bonchev–Trinajstić information content (AvgIpc) is 2.92. The third-order valence-electron chi connectivity index (χ3n) is 2.67. The molecule has 13 heavy (non-hydrogen) atoms. The molecule has 0 aromatic heterocycles. The Kier molecular flexibility index (Phi) is 5.07. The zero-order valence-electron chi connectivity index (χ0n) is 8.35. The Morgan fingerprint density at radius 2 is 2.00 bits per heavy atom. The molecular formula is C10H19ClO2. The van der Waals surface area contributed by atoms with Crippen LogP contribution in [0.25, 0.3) is 0 Å². The van der Waals surface area contributed by atoms with Gasteiger partial charge in [0, 0.05) is 19.6 Å². The summed E-state index contributed by atoms with van der Waals surface area (Å²) in [4.78, 5) is 0. The number of hydrogen-bond donors (Lipinski definition) is 0. The van der Waals surface area contributed by atoms with E-state index in [1.807, 2.05) is 0 Å².